The van der Waals surface area contributed by atoms with Crippen molar-refractivity contribution in [2.45, 2.75) is 19.3 Å². The van der Waals surface area contributed by atoms with Crippen LogP contribution in [0.1, 0.15) is 18.1 Å². The van der Waals surface area contributed by atoms with Crippen molar-refractivity contribution in [1.82, 2.24) is 0 Å². The average Bonchev–Trinajstić information content (AvgIpc) is 2.30. The van der Waals surface area contributed by atoms with E-state index in [0.29, 0.717) is 10.8 Å². The van der Waals surface area contributed by atoms with Gasteiger partial charge in [0.15, 0.2) is 5.41 Å². The van der Waals surface area contributed by atoms with Crippen LogP contribution in [0.25, 0.3) is 0 Å². The largest absolute Gasteiger partial charge is 0.496 e. The third kappa shape index (κ3) is 2.20. The number of benzene rings is 1. The van der Waals surface area contributed by atoms with Crippen LogP contribution < -0.4 is 4.74 Å². The Morgan fingerprint density at radius 2 is 2.18 bits per heavy atom. The Balaban J connectivity index is 3.55. The lowest BCUT2D eigenvalue weighted by molar-refractivity contribution is -0.141. The summed E-state index contributed by atoms with van der Waals surface area (Å²) < 4.78 is 5.11. The van der Waals surface area contributed by atoms with Crippen LogP contribution in [0.15, 0.2) is 12.1 Å². The van der Waals surface area contributed by atoms with Gasteiger partial charge in [-0.2, -0.15) is 5.26 Å². The molecule has 0 aromatic heterocycles. The molecule has 1 rings (SSSR count). The predicted octanol–water partition coefficient (Wildman–Crippen LogP) is 2.52. The Kier molecular flexibility index (Phi) is 3.64. The first-order valence-corrected chi connectivity index (χ1v) is 5.24. The molecule has 0 aliphatic carbocycles. The standard InChI is InChI=1S/C12H12ClNO3/c1-7-4-10(17-3)8(5-9(7)13)12(2,6-14)11(15)16/h4-5H,1-3H3,(H,15,16). The SMILES string of the molecule is COc1cc(C)c(Cl)cc1C(C)(C#N)C(=O)O. The maximum Gasteiger partial charge on any atom is 0.328 e. The van der Waals surface area contributed by atoms with Gasteiger partial charge in [-0.05, 0) is 31.5 Å². The molecule has 90 valence electrons. The molecule has 0 radical (unpaired) electrons. The molecule has 0 spiro atoms. The number of halogens is 1. The highest BCUT2D eigenvalue weighted by Crippen LogP contribution is 2.35. The molecular formula is C12H12ClNO3. The number of carboxylic acid groups (broad SMARTS) is 1. The summed E-state index contributed by atoms with van der Waals surface area (Å²) in [6, 6.07) is 4.86. The molecule has 0 fully saturated rings. The van der Waals surface area contributed by atoms with E-state index in [1.54, 1.807) is 19.1 Å². The van der Waals surface area contributed by atoms with Gasteiger partial charge in [0, 0.05) is 10.6 Å². The van der Waals surface area contributed by atoms with E-state index in [9.17, 15) is 4.79 Å². The predicted molar refractivity (Wildman–Crippen MR) is 63.3 cm³/mol. The number of aryl methyl sites for hydroxylation is 1. The number of hydrogen-bond donors (Lipinski definition) is 1. The maximum absolute atomic E-state index is 11.2. The molecular weight excluding hydrogens is 242 g/mol. The van der Waals surface area contributed by atoms with Crippen LogP contribution in [-0.2, 0) is 10.2 Å². The summed E-state index contributed by atoms with van der Waals surface area (Å²) in [5.41, 5.74) is -0.661. The van der Waals surface area contributed by atoms with Crippen molar-refractivity contribution in [3.8, 4) is 11.8 Å². The van der Waals surface area contributed by atoms with Gasteiger partial charge in [0.05, 0.1) is 13.2 Å². The highest BCUT2D eigenvalue weighted by molar-refractivity contribution is 6.31. The number of aliphatic carboxylic acids is 1. The first-order valence-electron chi connectivity index (χ1n) is 4.86. The molecule has 1 atom stereocenters. The van der Waals surface area contributed by atoms with Crippen molar-refractivity contribution >= 4 is 17.6 Å². The molecule has 0 aliphatic heterocycles. The molecule has 1 N–H and O–H groups in total. The Labute approximate surface area is 104 Å². The van der Waals surface area contributed by atoms with Crippen LogP contribution in [0.4, 0.5) is 0 Å². The Morgan fingerprint density at radius 1 is 1.59 bits per heavy atom. The van der Waals surface area contributed by atoms with E-state index >= 15 is 0 Å². The van der Waals surface area contributed by atoms with Crippen LogP contribution in [0.3, 0.4) is 0 Å². The zero-order chi connectivity index (χ0) is 13.2. The fourth-order valence-electron chi connectivity index (χ4n) is 1.44. The van der Waals surface area contributed by atoms with Crippen LogP contribution in [0.2, 0.25) is 5.02 Å². The zero-order valence-electron chi connectivity index (χ0n) is 9.74. The summed E-state index contributed by atoms with van der Waals surface area (Å²) >= 11 is 5.95. The van der Waals surface area contributed by atoms with E-state index in [2.05, 4.69) is 0 Å². The minimum absolute atomic E-state index is 0.255. The molecule has 0 bridgehead atoms. The monoisotopic (exact) mass is 253 g/mol. The van der Waals surface area contributed by atoms with Crippen LogP contribution in [-0.4, -0.2) is 18.2 Å². The van der Waals surface area contributed by atoms with E-state index in [1.165, 1.54) is 20.1 Å². The Bertz CT molecular complexity index is 507. The van der Waals surface area contributed by atoms with Crippen LogP contribution in [0, 0.1) is 18.3 Å². The summed E-state index contributed by atoms with van der Waals surface area (Å²) in [5.74, 6) is -0.892. The van der Waals surface area contributed by atoms with E-state index in [1.807, 2.05) is 0 Å². The van der Waals surface area contributed by atoms with Gasteiger partial charge in [-0.3, -0.25) is 4.79 Å². The summed E-state index contributed by atoms with van der Waals surface area (Å²) in [7, 11) is 1.42. The second-order valence-electron chi connectivity index (χ2n) is 3.84. The molecule has 1 aromatic rings. The summed E-state index contributed by atoms with van der Waals surface area (Å²) in [5, 5.41) is 18.6. The van der Waals surface area contributed by atoms with E-state index < -0.39 is 11.4 Å². The molecule has 5 heteroatoms. The number of nitriles is 1. The number of carbonyl (C=O) groups is 1. The number of carboxylic acids is 1. The van der Waals surface area contributed by atoms with Crippen molar-refractivity contribution in [1.29, 1.82) is 5.26 Å². The van der Waals surface area contributed by atoms with E-state index in [0.717, 1.165) is 5.56 Å². The molecule has 0 amide bonds. The molecule has 0 heterocycles. The maximum atomic E-state index is 11.2. The number of methoxy groups -OCH3 is 1. The summed E-state index contributed by atoms with van der Waals surface area (Å²) in [6.45, 7) is 3.10. The van der Waals surface area contributed by atoms with Gasteiger partial charge in [-0.25, -0.2) is 0 Å². The number of ether oxygens (including phenoxy) is 1. The number of hydrogen-bond acceptors (Lipinski definition) is 3. The van der Waals surface area contributed by atoms with Gasteiger partial charge in [0.2, 0.25) is 0 Å². The van der Waals surface area contributed by atoms with Crippen LogP contribution >= 0.6 is 11.6 Å². The fourth-order valence-corrected chi connectivity index (χ4v) is 1.60. The van der Waals surface area contributed by atoms with Crippen LogP contribution in [0.5, 0.6) is 5.75 Å². The molecule has 0 saturated carbocycles. The van der Waals surface area contributed by atoms with Gasteiger partial charge in [0.1, 0.15) is 5.75 Å². The Morgan fingerprint density at radius 3 is 2.59 bits per heavy atom. The number of rotatable bonds is 3. The molecule has 0 aliphatic rings. The van der Waals surface area contributed by atoms with Crippen molar-refractivity contribution in [2.75, 3.05) is 7.11 Å². The van der Waals surface area contributed by atoms with Gasteiger partial charge in [-0.1, -0.05) is 11.6 Å². The number of nitrogens with zero attached hydrogens (tertiary/aromatic N) is 1. The van der Waals surface area contributed by atoms with Gasteiger partial charge >= 0.3 is 5.97 Å². The normalized spacial score (nSPS) is 13.6. The van der Waals surface area contributed by atoms with Gasteiger partial charge in [-0.15, -0.1) is 0 Å². The molecule has 4 nitrogen and oxygen atoms in total. The first kappa shape index (κ1) is 13.3. The summed E-state index contributed by atoms with van der Waals surface area (Å²) in [6.07, 6.45) is 0. The van der Waals surface area contributed by atoms with Crippen molar-refractivity contribution in [3.63, 3.8) is 0 Å². The van der Waals surface area contributed by atoms with Crippen molar-refractivity contribution in [2.24, 2.45) is 0 Å². The minimum Gasteiger partial charge on any atom is -0.496 e. The lowest BCUT2D eigenvalue weighted by Gasteiger charge is -2.20. The molecule has 1 aromatic carbocycles. The van der Waals surface area contributed by atoms with Crippen molar-refractivity contribution < 1.29 is 14.6 Å². The molecule has 1 unspecified atom stereocenters. The van der Waals surface area contributed by atoms with Crippen molar-refractivity contribution in [3.05, 3.63) is 28.3 Å². The van der Waals surface area contributed by atoms with E-state index in [-0.39, 0.29) is 5.56 Å². The topological polar surface area (TPSA) is 70.3 Å². The minimum atomic E-state index is -1.68. The first-order chi connectivity index (χ1) is 7.86. The third-order valence-electron chi connectivity index (χ3n) is 2.67. The lowest BCUT2D eigenvalue weighted by atomic mass is 9.83. The molecule has 0 saturated heterocycles. The van der Waals surface area contributed by atoms with Gasteiger partial charge in [0.25, 0.3) is 0 Å². The summed E-state index contributed by atoms with van der Waals surface area (Å²) in [4.78, 5) is 11.2. The third-order valence-corrected chi connectivity index (χ3v) is 3.08. The van der Waals surface area contributed by atoms with E-state index in [4.69, 9.17) is 26.7 Å². The second kappa shape index (κ2) is 4.64. The zero-order valence-corrected chi connectivity index (χ0v) is 10.5. The Hall–Kier alpha value is -1.73. The van der Waals surface area contributed by atoms with Gasteiger partial charge < -0.3 is 9.84 Å². The lowest BCUT2D eigenvalue weighted by Crippen LogP contribution is -2.31. The fraction of sp³-hybridized carbons (Fsp3) is 0.333. The highest BCUT2D eigenvalue weighted by atomic mass is 35.5. The smallest absolute Gasteiger partial charge is 0.328 e. The average molecular weight is 254 g/mol. The highest BCUT2D eigenvalue weighted by Gasteiger charge is 2.38. The quantitative estimate of drug-likeness (QED) is 0.899. The molecule has 17 heavy (non-hydrogen) atoms. The second-order valence-corrected chi connectivity index (χ2v) is 4.25.